The van der Waals surface area contributed by atoms with Crippen molar-refractivity contribution in [2.24, 2.45) is 0 Å². The normalized spacial score (nSPS) is 10.4. The maximum Gasteiger partial charge on any atom is 0.269 e. The van der Waals surface area contributed by atoms with Crippen molar-refractivity contribution in [3.8, 4) is 11.3 Å². The van der Waals surface area contributed by atoms with Crippen molar-refractivity contribution in [2.75, 3.05) is 5.73 Å². The second kappa shape index (κ2) is 6.09. The first-order valence-corrected chi connectivity index (χ1v) is 6.82. The monoisotopic (exact) mass is 293 g/mol. The number of amides is 1. The van der Waals surface area contributed by atoms with E-state index in [4.69, 9.17) is 5.73 Å². The Morgan fingerprint density at radius 3 is 2.77 bits per heavy atom. The van der Waals surface area contributed by atoms with E-state index in [0.717, 1.165) is 11.1 Å². The van der Waals surface area contributed by atoms with Crippen LogP contribution in [0.5, 0.6) is 0 Å². The Kier molecular flexibility index (Phi) is 3.82. The third-order valence-corrected chi connectivity index (χ3v) is 3.20. The molecule has 0 radical (unpaired) electrons. The number of carbonyl (C=O) groups is 1. The lowest BCUT2D eigenvalue weighted by atomic mass is 10.2. The zero-order chi connectivity index (χ0) is 15.4. The number of aromatic nitrogens is 3. The first-order valence-electron chi connectivity index (χ1n) is 6.82. The zero-order valence-corrected chi connectivity index (χ0v) is 11.8. The maximum atomic E-state index is 12.1. The molecular formula is C16H15N5O. The first kappa shape index (κ1) is 13.8. The highest BCUT2D eigenvalue weighted by molar-refractivity contribution is 5.93. The van der Waals surface area contributed by atoms with Crippen molar-refractivity contribution in [2.45, 2.75) is 6.54 Å². The van der Waals surface area contributed by atoms with E-state index < -0.39 is 0 Å². The predicted octanol–water partition coefficient (Wildman–Crippen LogP) is 1.98. The molecule has 2 aromatic heterocycles. The Morgan fingerprint density at radius 2 is 2.00 bits per heavy atom. The second-order valence-electron chi connectivity index (χ2n) is 4.80. The van der Waals surface area contributed by atoms with Crippen molar-refractivity contribution in [3.63, 3.8) is 0 Å². The molecule has 0 atom stereocenters. The Balaban J connectivity index is 1.69. The highest BCUT2D eigenvalue weighted by Crippen LogP contribution is 2.18. The second-order valence-corrected chi connectivity index (χ2v) is 4.80. The molecule has 6 heteroatoms. The fraction of sp³-hybridized carbons (Fsp3) is 0.0625. The minimum atomic E-state index is -0.204. The summed E-state index contributed by atoms with van der Waals surface area (Å²) in [5, 5.41) is 9.72. The summed E-state index contributed by atoms with van der Waals surface area (Å²) in [7, 11) is 0. The summed E-state index contributed by atoms with van der Waals surface area (Å²) in [5.74, 6) is 0.209. The minimum absolute atomic E-state index is 0.204. The van der Waals surface area contributed by atoms with Crippen LogP contribution >= 0.6 is 0 Å². The fourth-order valence-corrected chi connectivity index (χ4v) is 2.07. The number of hydrogen-bond acceptors (Lipinski definition) is 4. The number of nitrogens with two attached hydrogens (primary N) is 1. The standard InChI is InChI=1S/C16H15N5O/c17-15-8-12(6-7-18-15)13-9-14(21-20-13)16(22)19-10-11-4-2-1-3-5-11/h1-9H,10H2,(H2,17,18)(H,19,22)(H,20,21). The van der Waals surface area contributed by atoms with E-state index in [0.29, 0.717) is 23.8 Å². The largest absolute Gasteiger partial charge is 0.384 e. The number of anilines is 1. The lowest BCUT2D eigenvalue weighted by Gasteiger charge is -2.03. The number of aromatic amines is 1. The lowest BCUT2D eigenvalue weighted by Crippen LogP contribution is -2.23. The molecule has 1 aromatic carbocycles. The Labute approximate surface area is 127 Å². The molecule has 3 aromatic rings. The van der Waals surface area contributed by atoms with Gasteiger partial charge in [0.25, 0.3) is 5.91 Å². The highest BCUT2D eigenvalue weighted by Gasteiger charge is 2.11. The molecule has 0 aliphatic heterocycles. The van der Waals surface area contributed by atoms with Crippen molar-refractivity contribution in [3.05, 3.63) is 66.0 Å². The van der Waals surface area contributed by atoms with Gasteiger partial charge in [0.05, 0.1) is 5.69 Å². The molecule has 0 unspecified atom stereocenters. The van der Waals surface area contributed by atoms with Crippen LogP contribution in [0.3, 0.4) is 0 Å². The Morgan fingerprint density at radius 1 is 1.18 bits per heavy atom. The molecule has 0 spiro atoms. The van der Waals surface area contributed by atoms with Crippen LogP contribution in [-0.4, -0.2) is 21.1 Å². The van der Waals surface area contributed by atoms with Crippen LogP contribution in [0.4, 0.5) is 5.82 Å². The van der Waals surface area contributed by atoms with Crippen LogP contribution in [-0.2, 0) is 6.54 Å². The van der Waals surface area contributed by atoms with E-state index in [1.807, 2.05) is 30.3 Å². The molecule has 0 fully saturated rings. The fourth-order valence-electron chi connectivity index (χ4n) is 2.07. The van der Waals surface area contributed by atoms with E-state index in [1.54, 1.807) is 24.4 Å². The van der Waals surface area contributed by atoms with Gasteiger partial charge in [-0.3, -0.25) is 9.89 Å². The van der Waals surface area contributed by atoms with Gasteiger partial charge in [0.1, 0.15) is 11.5 Å². The van der Waals surface area contributed by atoms with E-state index in [2.05, 4.69) is 20.5 Å². The molecule has 0 saturated carbocycles. The first-order chi connectivity index (χ1) is 10.7. The van der Waals surface area contributed by atoms with Gasteiger partial charge in [-0.2, -0.15) is 5.10 Å². The van der Waals surface area contributed by atoms with Gasteiger partial charge in [-0.05, 0) is 23.8 Å². The number of hydrogen-bond donors (Lipinski definition) is 3. The molecule has 110 valence electrons. The van der Waals surface area contributed by atoms with Crippen LogP contribution in [0.25, 0.3) is 11.3 Å². The predicted molar refractivity (Wildman–Crippen MR) is 83.8 cm³/mol. The quantitative estimate of drug-likeness (QED) is 0.685. The SMILES string of the molecule is Nc1cc(-c2cc(C(=O)NCc3ccccc3)[nH]n2)ccn1. The third kappa shape index (κ3) is 3.12. The van der Waals surface area contributed by atoms with Crippen molar-refractivity contribution in [1.29, 1.82) is 0 Å². The van der Waals surface area contributed by atoms with Crippen molar-refractivity contribution < 1.29 is 4.79 Å². The molecule has 0 aliphatic rings. The molecule has 22 heavy (non-hydrogen) atoms. The number of H-pyrrole nitrogens is 1. The van der Waals surface area contributed by atoms with Crippen molar-refractivity contribution in [1.82, 2.24) is 20.5 Å². The van der Waals surface area contributed by atoms with Crippen molar-refractivity contribution >= 4 is 11.7 Å². The molecule has 4 N–H and O–H groups in total. The smallest absolute Gasteiger partial charge is 0.269 e. The van der Waals surface area contributed by atoms with Crippen LogP contribution in [0.15, 0.2) is 54.7 Å². The summed E-state index contributed by atoms with van der Waals surface area (Å²) in [6.07, 6.45) is 1.61. The zero-order valence-electron chi connectivity index (χ0n) is 11.8. The van der Waals surface area contributed by atoms with E-state index in [9.17, 15) is 4.79 Å². The van der Waals surface area contributed by atoms with Gasteiger partial charge in [-0.1, -0.05) is 30.3 Å². The summed E-state index contributed by atoms with van der Waals surface area (Å²) in [6.45, 7) is 0.468. The average molecular weight is 293 g/mol. The summed E-state index contributed by atoms with van der Waals surface area (Å²) in [5.41, 5.74) is 8.55. The van der Waals surface area contributed by atoms with Gasteiger partial charge in [-0.25, -0.2) is 4.98 Å². The average Bonchev–Trinajstić information content (AvgIpc) is 3.04. The third-order valence-electron chi connectivity index (χ3n) is 3.20. The molecule has 2 heterocycles. The van der Waals surface area contributed by atoms with Gasteiger partial charge in [0, 0.05) is 18.3 Å². The van der Waals surface area contributed by atoms with Crippen LogP contribution < -0.4 is 11.1 Å². The number of carbonyl (C=O) groups excluding carboxylic acids is 1. The summed E-state index contributed by atoms with van der Waals surface area (Å²) >= 11 is 0. The topological polar surface area (TPSA) is 96.7 Å². The summed E-state index contributed by atoms with van der Waals surface area (Å²) in [6, 6.07) is 14.9. The van der Waals surface area contributed by atoms with Gasteiger partial charge < -0.3 is 11.1 Å². The number of rotatable bonds is 4. The molecule has 3 rings (SSSR count). The molecule has 6 nitrogen and oxygen atoms in total. The van der Waals surface area contributed by atoms with Gasteiger partial charge in [-0.15, -0.1) is 0 Å². The molecule has 0 bridgehead atoms. The minimum Gasteiger partial charge on any atom is -0.384 e. The number of pyridine rings is 1. The number of nitrogens with zero attached hydrogens (tertiary/aromatic N) is 2. The number of nitrogens with one attached hydrogen (secondary N) is 2. The summed E-state index contributed by atoms with van der Waals surface area (Å²) in [4.78, 5) is 16.0. The lowest BCUT2D eigenvalue weighted by molar-refractivity contribution is 0.0946. The van der Waals surface area contributed by atoms with Gasteiger partial charge in [0.2, 0.25) is 0 Å². The number of nitrogen functional groups attached to an aromatic ring is 1. The van der Waals surface area contributed by atoms with E-state index >= 15 is 0 Å². The van der Waals surface area contributed by atoms with E-state index in [-0.39, 0.29) is 5.91 Å². The Bertz CT molecular complexity index is 782. The summed E-state index contributed by atoms with van der Waals surface area (Å²) < 4.78 is 0. The maximum absolute atomic E-state index is 12.1. The van der Waals surface area contributed by atoms with Crippen LogP contribution in [0, 0.1) is 0 Å². The molecular weight excluding hydrogens is 278 g/mol. The molecule has 1 amide bonds. The molecule has 0 saturated heterocycles. The highest BCUT2D eigenvalue weighted by atomic mass is 16.1. The van der Waals surface area contributed by atoms with Crippen LogP contribution in [0.1, 0.15) is 16.1 Å². The molecule has 0 aliphatic carbocycles. The van der Waals surface area contributed by atoms with Gasteiger partial charge in [0.15, 0.2) is 0 Å². The Hall–Kier alpha value is -3.15. The van der Waals surface area contributed by atoms with Gasteiger partial charge >= 0.3 is 0 Å². The number of benzene rings is 1. The van der Waals surface area contributed by atoms with Crippen LogP contribution in [0.2, 0.25) is 0 Å². The van der Waals surface area contributed by atoms with E-state index in [1.165, 1.54) is 0 Å².